The van der Waals surface area contributed by atoms with Crippen LogP contribution in [0.15, 0.2) is 12.5 Å². The summed E-state index contributed by atoms with van der Waals surface area (Å²) in [5, 5.41) is 11.7. The summed E-state index contributed by atoms with van der Waals surface area (Å²) in [5.41, 5.74) is 0.668. The number of hydrogen-bond donors (Lipinski definition) is 3. The van der Waals surface area contributed by atoms with Gasteiger partial charge in [-0.2, -0.15) is 0 Å². The molecule has 1 rings (SSSR count). The topological polar surface area (TPSA) is 98.3 Å². The Morgan fingerprint density at radius 2 is 2.25 bits per heavy atom. The van der Waals surface area contributed by atoms with Gasteiger partial charge in [0.1, 0.15) is 6.04 Å². The Kier molecular flexibility index (Phi) is 6.02. The number of nitrogens with zero attached hydrogens (tertiary/aromatic N) is 2. The van der Waals surface area contributed by atoms with Crippen LogP contribution in [0.5, 0.6) is 0 Å². The van der Waals surface area contributed by atoms with Crippen molar-refractivity contribution in [2.75, 3.05) is 7.05 Å². The molecule has 7 nitrogen and oxygen atoms in total. The van der Waals surface area contributed by atoms with E-state index in [1.807, 2.05) is 13.8 Å². The number of aromatic amines is 1. The third-order valence-corrected chi connectivity index (χ3v) is 3.26. The highest BCUT2D eigenvalue weighted by atomic mass is 16.4. The number of imidazole rings is 1. The van der Waals surface area contributed by atoms with Crippen molar-refractivity contribution < 1.29 is 14.7 Å². The summed E-state index contributed by atoms with van der Waals surface area (Å²) in [6.07, 6.45) is 5.05. The molecule has 0 aliphatic heterocycles. The normalized spacial score (nSPS) is 13.6. The van der Waals surface area contributed by atoms with Crippen molar-refractivity contribution in [3.63, 3.8) is 0 Å². The molecule has 2 amide bonds. The zero-order valence-corrected chi connectivity index (χ0v) is 12.1. The van der Waals surface area contributed by atoms with E-state index in [2.05, 4.69) is 15.3 Å². The fourth-order valence-corrected chi connectivity index (χ4v) is 1.88. The first-order valence-corrected chi connectivity index (χ1v) is 6.69. The number of carboxylic acid groups (broad SMARTS) is 1. The van der Waals surface area contributed by atoms with Crippen molar-refractivity contribution in [3.8, 4) is 0 Å². The van der Waals surface area contributed by atoms with E-state index in [9.17, 15) is 14.7 Å². The molecule has 2 atom stereocenters. The Bertz CT molecular complexity index is 433. The van der Waals surface area contributed by atoms with Crippen LogP contribution in [0.4, 0.5) is 4.79 Å². The number of rotatable bonds is 7. The summed E-state index contributed by atoms with van der Waals surface area (Å²) in [4.78, 5) is 31.4. The number of amides is 2. The molecule has 0 fully saturated rings. The maximum Gasteiger partial charge on any atom is 0.326 e. The number of carboxylic acids is 1. The lowest BCUT2D eigenvalue weighted by Gasteiger charge is -2.26. The van der Waals surface area contributed by atoms with E-state index < -0.39 is 12.0 Å². The number of aliphatic carboxylic acids is 1. The van der Waals surface area contributed by atoms with E-state index in [-0.39, 0.29) is 18.5 Å². The van der Waals surface area contributed by atoms with Crippen molar-refractivity contribution in [3.05, 3.63) is 18.2 Å². The molecule has 1 aromatic rings. The second-order valence-corrected chi connectivity index (χ2v) is 4.87. The maximum atomic E-state index is 12.0. The van der Waals surface area contributed by atoms with Gasteiger partial charge >= 0.3 is 12.0 Å². The molecule has 3 N–H and O–H groups in total. The van der Waals surface area contributed by atoms with Crippen molar-refractivity contribution >= 4 is 12.0 Å². The van der Waals surface area contributed by atoms with E-state index in [0.29, 0.717) is 5.69 Å². The van der Waals surface area contributed by atoms with Crippen LogP contribution in [0, 0.1) is 0 Å². The van der Waals surface area contributed by atoms with Gasteiger partial charge in [0.05, 0.1) is 6.33 Å². The van der Waals surface area contributed by atoms with Crippen LogP contribution in [0.25, 0.3) is 0 Å². The number of aromatic nitrogens is 2. The molecule has 2 unspecified atom stereocenters. The summed E-state index contributed by atoms with van der Waals surface area (Å²) in [6, 6.07) is -1.28. The van der Waals surface area contributed by atoms with Gasteiger partial charge in [-0.1, -0.05) is 13.3 Å². The highest BCUT2D eigenvalue weighted by Gasteiger charge is 2.24. The third kappa shape index (κ3) is 4.56. The lowest BCUT2D eigenvalue weighted by atomic mass is 10.1. The fraction of sp³-hybridized carbons (Fsp3) is 0.615. The van der Waals surface area contributed by atoms with Crippen molar-refractivity contribution in [1.29, 1.82) is 0 Å². The number of hydrogen-bond acceptors (Lipinski definition) is 3. The highest BCUT2D eigenvalue weighted by Crippen LogP contribution is 2.05. The summed E-state index contributed by atoms with van der Waals surface area (Å²) in [7, 11) is 1.67. The van der Waals surface area contributed by atoms with Gasteiger partial charge in [0.25, 0.3) is 0 Å². The number of carbonyl (C=O) groups excluding carboxylic acids is 1. The van der Waals surface area contributed by atoms with E-state index in [4.69, 9.17) is 0 Å². The van der Waals surface area contributed by atoms with Gasteiger partial charge in [-0.05, 0) is 13.3 Å². The van der Waals surface area contributed by atoms with Crippen LogP contribution >= 0.6 is 0 Å². The average Bonchev–Trinajstić information content (AvgIpc) is 2.90. The smallest absolute Gasteiger partial charge is 0.326 e. The summed E-state index contributed by atoms with van der Waals surface area (Å²) < 4.78 is 0. The Hall–Kier alpha value is -2.05. The quantitative estimate of drug-likeness (QED) is 0.700. The van der Waals surface area contributed by atoms with Gasteiger partial charge in [-0.25, -0.2) is 14.6 Å². The Morgan fingerprint density at radius 1 is 1.55 bits per heavy atom. The van der Waals surface area contributed by atoms with Gasteiger partial charge in [-0.15, -0.1) is 0 Å². The molecular formula is C13H22N4O3. The summed E-state index contributed by atoms with van der Waals surface area (Å²) >= 11 is 0. The maximum absolute atomic E-state index is 12.0. The predicted octanol–water partition coefficient (Wildman–Crippen LogP) is 1.24. The first-order valence-electron chi connectivity index (χ1n) is 6.69. The average molecular weight is 282 g/mol. The number of nitrogens with one attached hydrogen (secondary N) is 2. The van der Waals surface area contributed by atoms with E-state index in [0.717, 1.165) is 12.8 Å². The summed E-state index contributed by atoms with van der Waals surface area (Å²) in [6.45, 7) is 3.98. The largest absolute Gasteiger partial charge is 0.480 e. The van der Waals surface area contributed by atoms with Crippen LogP contribution in [-0.4, -0.2) is 51.1 Å². The molecule has 112 valence electrons. The molecule has 0 aliphatic rings. The standard InChI is InChI=1S/C13H22N4O3/c1-4-5-9(2)17(3)13(20)16-11(12(18)19)6-10-7-14-8-15-10/h7-9,11H,4-6H2,1-3H3,(H,14,15)(H,16,20)(H,18,19). The van der Waals surface area contributed by atoms with Crippen LogP contribution in [-0.2, 0) is 11.2 Å². The monoisotopic (exact) mass is 282 g/mol. The van der Waals surface area contributed by atoms with Crippen LogP contribution in [0.1, 0.15) is 32.4 Å². The van der Waals surface area contributed by atoms with E-state index in [1.54, 1.807) is 13.2 Å². The number of H-pyrrole nitrogens is 1. The molecule has 0 radical (unpaired) electrons. The number of urea groups is 1. The molecular weight excluding hydrogens is 260 g/mol. The molecule has 0 aliphatic carbocycles. The zero-order chi connectivity index (χ0) is 15.1. The Labute approximate surface area is 118 Å². The molecule has 1 heterocycles. The van der Waals surface area contributed by atoms with Gasteiger partial charge in [0.15, 0.2) is 0 Å². The molecule has 0 bridgehead atoms. The van der Waals surface area contributed by atoms with Gasteiger partial charge < -0.3 is 20.3 Å². The predicted molar refractivity (Wildman–Crippen MR) is 74.4 cm³/mol. The minimum Gasteiger partial charge on any atom is -0.480 e. The first-order chi connectivity index (χ1) is 9.45. The van der Waals surface area contributed by atoms with Gasteiger partial charge in [-0.3, -0.25) is 0 Å². The van der Waals surface area contributed by atoms with Gasteiger partial charge in [0.2, 0.25) is 0 Å². The van der Waals surface area contributed by atoms with E-state index in [1.165, 1.54) is 11.2 Å². The fourth-order valence-electron chi connectivity index (χ4n) is 1.88. The lowest BCUT2D eigenvalue weighted by Crippen LogP contribution is -2.50. The highest BCUT2D eigenvalue weighted by molar-refractivity contribution is 5.82. The Balaban J connectivity index is 2.61. The van der Waals surface area contributed by atoms with Crippen LogP contribution in [0.3, 0.4) is 0 Å². The number of carbonyl (C=O) groups is 2. The third-order valence-electron chi connectivity index (χ3n) is 3.26. The lowest BCUT2D eigenvalue weighted by molar-refractivity contribution is -0.139. The molecule has 0 saturated carbocycles. The van der Waals surface area contributed by atoms with Gasteiger partial charge in [0, 0.05) is 31.4 Å². The minimum absolute atomic E-state index is 0.0709. The molecule has 1 aromatic heterocycles. The van der Waals surface area contributed by atoms with Crippen molar-refractivity contribution in [1.82, 2.24) is 20.2 Å². The Morgan fingerprint density at radius 3 is 2.75 bits per heavy atom. The van der Waals surface area contributed by atoms with Crippen molar-refractivity contribution in [2.45, 2.75) is 45.2 Å². The first kappa shape index (κ1) is 16.0. The molecule has 0 spiro atoms. The SMILES string of the molecule is CCCC(C)N(C)C(=O)NC(Cc1cnc[nH]1)C(=O)O. The summed E-state index contributed by atoms with van der Waals surface area (Å²) in [5.74, 6) is -1.07. The van der Waals surface area contributed by atoms with Crippen LogP contribution < -0.4 is 5.32 Å². The van der Waals surface area contributed by atoms with Crippen LogP contribution in [0.2, 0.25) is 0 Å². The molecule has 0 saturated heterocycles. The second kappa shape index (κ2) is 7.52. The molecule has 7 heteroatoms. The molecule has 0 aromatic carbocycles. The molecule has 20 heavy (non-hydrogen) atoms. The second-order valence-electron chi connectivity index (χ2n) is 4.87. The minimum atomic E-state index is -1.07. The van der Waals surface area contributed by atoms with E-state index >= 15 is 0 Å². The van der Waals surface area contributed by atoms with Crippen molar-refractivity contribution in [2.24, 2.45) is 0 Å². The zero-order valence-electron chi connectivity index (χ0n) is 12.1.